The maximum atomic E-state index is 9.87. The summed E-state index contributed by atoms with van der Waals surface area (Å²) in [5, 5.41) is 19.6. The summed E-state index contributed by atoms with van der Waals surface area (Å²) in [6, 6.07) is 3.30. The molecule has 0 spiro atoms. The third-order valence-corrected chi connectivity index (χ3v) is 2.49. The molecule has 15 heavy (non-hydrogen) atoms. The fourth-order valence-corrected chi connectivity index (χ4v) is 1.52. The Balaban J connectivity index is 3.15. The van der Waals surface area contributed by atoms with Gasteiger partial charge < -0.3 is 14.9 Å². The number of aryl methyl sites for hydroxylation is 1. The van der Waals surface area contributed by atoms with Gasteiger partial charge in [-0.15, -0.1) is 0 Å². The van der Waals surface area contributed by atoms with Crippen molar-refractivity contribution in [3.8, 4) is 11.5 Å². The maximum Gasteiger partial charge on any atom is 0.125 e. The molecule has 0 heterocycles. The summed E-state index contributed by atoms with van der Waals surface area (Å²) in [5.41, 5.74) is 1.47. The second kappa shape index (κ2) is 4.53. The number of phenolic OH excluding ortho intramolecular Hbond substituents is 1. The molecular formula is C12H18O3. The Hall–Kier alpha value is -1.22. The van der Waals surface area contributed by atoms with Crippen molar-refractivity contribution in [2.24, 2.45) is 5.92 Å². The van der Waals surface area contributed by atoms with E-state index in [1.807, 2.05) is 20.8 Å². The molecular weight excluding hydrogens is 192 g/mol. The quantitative estimate of drug-likeness (QED) is 0.805. The van der Waals surface area contributed by atoms with E-state index >= 15 is 0 Å². The largest absolute Gasteiger partial charge is 0.507 e. The molecule has 0 bridgehead atoms. The van der Waals surface area contributed by atoms with Crippen LogP contribution in [0, 0.1) is 12.8 Å². The van der Waals surface area contributed by atoms with Crippen LogP contribution in [0.4, 0.5) is 0 Å². The van der Waals surface area contributed by atoms with Crippen LogP contribution in [0.25, 0.3) is 0 Å². The molecule has 0 aromatic heterocycles. The number of aliphatic hydroxyl groups excluding tert-OH is 1. The second-order valence-corrected chi connectivity index (χ2v) is 4.07. The first-order chi connectivity index (χ1) is 6.97. The lowest BCUT2D eigenvalue weighted by molar-refractivity contribution is 0.123. The molecule has 0 aliphatic carbocycles. The predicted molar refractivity (Wildman–Crippen MR) is 59.2 cm³/mol. The van der Waals surface area contributed by atoms with E-state index < -0.39 is 6.10 Å². The minimum Gasteiger partial charge on any atom is -0.507 e. The van der Waals surface area contributed by atoms with E-state index in [2.05, 4.69) is 0 Å². The fraction of sp³-hybridized carbons (Fsp3) is 0.500. The standard InChI is InChI=1S/C12H18O3/c1-7(2)12(14)9-5-8(3)11(15-4)6-10(9)13/h5-7,12-14H,1-4H3. The zero-order chi connectivity index (χ0) is 11.6. The summed E-state index contributed by atoms with van der Waals surface area (Å²) < 4.78 is 5.08. The van der Waals surface area contributed by atoms with Crippen molar-refractivity contribution in [1.29, 1.82) is 0 Å². The average Bonchev–Trinajstić information content (AvgIpc) is 2.19. The Kier molecular flexibility index (Phi) is 3.58. The molecule has 84 valence electrons. The van der Waals surface area contributed by atoms with Crippen LogP contribution in [0.1, 0.15) is 31.1 Å². The normalized spacial score (nSPS) is 12.9. The van der Waals surface area contributed by atoms with Crippen molar-refractivity contribution in [3.63, 3.8) is 0 Å². The summed E-state index contributed by atoms with van der Waals surface area (Å²) in [6.45, 7) is 5.70. The molecule has 1 unspecified atom stereocenters. The van der Waals surface area contributed by atoms with Gasteiger partial charge in [0.15, 0.2) is 0 Å². The number of benzene rings is 1. The van der Waals surface area contributed by atoms with Gasteiger partial charge in [0.1, 0.15) is 11.5 Å². The topological polar surface area (TPSA) is 49.7 Å². The van der Waals surface area contributed by atoms with Gasteiger partial charge in [0.05, 0.1) is 13.2 Å². The summed E-state index contributed by atoms with van der Waals surface area (Å²) >= 11 is 0. The molecule has 0 saturated carbocycles. The van der Waals surface area contributed by atoms with Crippen LogP contribution in [0.3, 0.4) is 0 Å². The van der Waals surface area contributed by atoms with Crippen molar-refractivity contribution < 1.29 is 14.9 Å². The number of hydrogen-bond acceptors (Lipinski definition) is 3. The minimum atomic E-state index is -0.644. The number of hydrogen-bond donors (Lipinski definition) is 2. The number of ether oxygens (including phenoxy) is 1. The Labute approximate surface area is 90.3 Å². The highest BCUT2D eigenvalue weighted by atomic mass is 16.5. The number of rotatable bonds is 3. The van der Waals surface area contributed by atoms with Crippen LogP contribution in [-0.2, 0) is 0 Å². The SMILES string of the molecule is COc1cc(O)c(C(O)C(C)C)cc1C. The van der Waals surface area contributed by atoms with E-state index in [0.29, 0.717) is 11.3 Å². The first-order valence-electron chi connectivity index (χ1n) is 5.03. The van der Waals surface area contributed by atoms with Crippen LogP contribution >= 0.6 is 0 Å². The molecule has 3 nitrogen and oxygen atoms in total. The molecule has 1 aromatic rings. The number of phenols is 1. The second-order valence-electron chi connectivity index (χ2n) is 4.07. The van der Waals surface area contributed by atoms with Crippen LogP contribution < -0.4 is 4.74 Å². The van der Waals surface area contributed by atoms with Gasteiger partial charge >= 0.3 is 0 Å². The fourth-order valence-electron chi connectivity index (χ4n) is 1.52. The lowest BCUT2D eigenvalue weighted by Crippen LogP contribution is -2.06. The lowest BCUT2D eigenvalue weighted by atomic mass is 9.96. The number of methoxy groups -OCH3 is 1. The maximum absolute atomic E-state index is 9.87. The van der Waals surface area contributed by atoms with Gasteiger partial charge in [0.25, 0.3) is 0 Å². The average molecular weight is 210 g/mol. The Bertz CT molecular complexity index is 345. The van der Waals surface area contributed by atoms with Crippen molar-refractivity contribution >= 4 is 0 Å². The molecule has 2 N–H and O–H groups in total. The van der Waals surface area contributed by atoms with Crippen LogP contribution in [-0.4, -0.2) is 17.3 Å². The molecule has 1 aromatic carbocycles. The van der Waals surface area contributed by atoms with Gasteiger partial charge in [-0.25, -0.2) is 0 Å². The highest BCUT2D eigenvalue weighted by molar-refractivity contribution is 5.46. The van der Waals surface area contributed by atoms with E-state index in [1.54, 1.807) is 13.2 Å². The summed E-state index contributed by atoms with van der Waals surface area (Å²) in [7, 11) is 1.56. The van der Waals surface area contributed by atoms with E-state index in [-0.39, 0.29) is 11.7 Å². The summed E-state index contributed by atoms with van der Waals surface area (Å²) in [5.74, 6) is 0.787. The molecule has 0 saturated heterocycles. The predicted octanol–water partition coefficient (Wildman–Crippen LogP) is 2.40. The highest BCUT2D eigenvalue weighted by Crippen LogP contribution is 2.34. The van der Waals surface area contributed by atoms with Gasteiger partial charge in [0.2, 0.25) is 0 Å². The molecule has 0 aliphatic heterocycles. The monoisotopic (exact) mass is 210 g/mol. The summed E-state index contributed by atoms with van der Waals surface area (Å²) in [6.07, 6.45) is -0.644. The zero-order valence-corrected chi connectivity index (χ0v) is 9.61. The molecule has 1 rings (SSSR count). The van der Waals surface area contributed by atoms with Crippen LogP contribution in [0.15, 0.2) is 12.1 Å². The van der Waals surface area contributed by atoms with E-state index in [1.165, 1.54) is 6.07 Å². The van der Waals surface area contributed by atoms with Crippen molar-refractivity contribution in [2.75, 3.05) is 7.11 Å². The van der Waals surface area contributed by atoms with E-state index in [9.17, 15) is 10.2 Å². The molecule has 0 fully saturated rings. The van der Waals surface area contributed by atoms with Crippen LogP contribution in [0.5, 0.6) is 11.5 Å². The third kappa shape index (κ3) is 2.42. The molecule has 0 radical (unpaired) electrons. The Morgan fingerprint density at radius 1 is 1.27 bits per heavy atom. The molecule has 3 heteroatoms. The molecule has 0 amide bonds. The first kappa shape index (κ1) is 11.9. The number of aliphatic hydroxyl groups is 1. The number of aromatic hydroxyl groups is 1. The van der Waals surface area contributed by atoms with Gasteiger partial charge in [-0.2, -0.15) is 0 Å². The minimum absolute atomic E-state index is 0.0729. The molecule has 1 atom stereocenters. The van der Waals surface area contributed by atoms with Gasteiger partial charge in [0, 0.05) is 11.6 Å². The third-order valence-electron chi connectivity index (χ3n) is 2.49. The zero-order valence-electron chi connectivity index (χ0n) is 9.61. The Morgan fingerprint density at radius 3 is 2.33 bits per heavy atom. The van der Waals surface area contributed by atoms with Gasteiger partial charge in [-0.1, -0.05) is 13.8 Å². The smallest absolute Gasteiger partial charge is 0.125 e. The highest BCUT2D eigenvalue weighted by Gasteiger charge is 2.17. The van der Waals surface area contributed by atoms with E-state index in [0.717, 1.165) is 5.56 Å². The Morgan fingerprint density at radius 2 is 1.87 bits per heavy atom. The van der Waals surface area contributed by atoms with Gasteiger partial charge in [-0.05, 0) is 24.5 Å². The lowest BCUT2D eigenvalue weighted by Gasteiger charge is -2.18. The van der Waals surface area contributed by atoms with Crippen molar-refractivity contribution in [2.45, 2.75) is 26.9 Å². The van der Waals surface area contributed by atoms with Gasteiger partial charge in [-0.3, -0.25) is 0 Å². The van der Waals surface area contributed by atoms with Crippen molar-refractivity contribution in [3.05, 3.63) is 23.3 Å². The first-order valence-corrected chi connectivity index (χ1v) is 5.03. The summed E-state index contributed by atoms with van der Waals surface area (Å²) in [4.78, 5) is 0. The van der Waals surface area contributed by atoms with Crippen LogP contribution in [0.2, 0.25) is 0 Å². The van der Waals surface area contributed by atoms with E-state index in [4.69, 9.17) is 4.74 Å². The molecule has 0 aliphatic rings. The van der Waals surface area contributed by atoms with Crippen molar-refractivity contribution in [1.82, 2.24) is 0 Å².